The molecule has 26 heavy (non-hydrogen) atoms. The van der Waals surface area contributed by atoms with Crippen molar-refractivity contribution in [3.05, 3.63) is 88.9 Å². The number of thiocarbonyl (C=S) groups is 1. The summed E-state index contributed by atoms with van der Waals surface area (Å²) in [5.41, 5.74) is 1.29. The van der Waals surface area contributed by atoms with Crippen molar-refractivity contribution in [2.45, 2.75) is 0 Å². The van der Waals surface area contributed by atoms with Crippen LogP contribution in [0.3, 0.4) is 0 Å². The minimum Gasteiger partial charge on any atom is -0.457 e. The molecule has 4 nitrogen and oxygen atoms in total. The van der Waals surface area contributed by atoms with E-state index in [-0.39, 0.29) is 11.0 Å². The monoisotopic (exact) mass is 426 g/mol. The van der Waals surface area contributed by atoms with Crippen LogP contribution in [0, 0.1) is 0 Å². The Balaban J connectivity index is 1.55. The first-order valence-electron chi connectivity index (χ1n) is 7.81. The Kier molecular flexibility index (Phi) is 5.99. The Hall–Kier alpha value is -2.70. The molecule has 0 aliphatic carbocycles. The largest absolute Gasteiger partial charge is 0.457 e. The fourth-order valence-electron chi connectivity index (χ4n) is 2.17. The fraction of sp³-hybridized carbons (Fsp3) is 0. The molecular formula is C20H15BrN2O2S. The summed E-state index contributed by atoms with van der Waals surface area (Å²) in [5, 5.41) is 5.86. The summed E-state index contributed by atoms with van der Waals surface area (Å²) < 4.78 is 6.65. The van der Waals surface area contributed by atoms with Gasteiger partial charge in [0.05, 0.1) is 0 Å². The number of carbonyl (C=O) groups excluding carboxylic acids is 1. The third kappa shape index (κ3) is 5.15. The van der Waals surface area contributed by atoms with Crippen LogP contribution in [0.15, 0.2) is 83.3 Å². The standard InChI is InChI=1S/C20H15BrN2O2S/c21-15-8-6-14(7-9-15)19(24)23-20(26)22-16-10-12-18(13-11-16)25-17-4-2-1-3-5-17/h1-13H,(H2,22,23,24,26). The SMILES string of the molecule is O=C(NC(=S)Nc1ccc(Oc2ccccc2)cc1)c1ccc(Br)cc1. The summed E-state index contributed by atoms with van der Waals surface area (Å²) in [4.78, 5) is 12.1. The maximum absolute atomic E-state index is 12.1. The van der Waals surface area contributed by atoms with Crippen molar-refractivity contribution in [1.82, 2.24) is 5.32 Å². The average Bonchev–Trinajstić information content (AvgIpc) is 2.64. The molecule has 0 atom stereocenters. The molecule has 0 aliphatic heterocycles. The molecule has 0 saturated heterocycles. The lowest BCUT2D eigenvalue weighted by atomic mass is 10.2. The number of hydrogen-bond donors (Lipinski definition) is 2. The minimum atomic E-state index is -0.265. The predicted octanol–water partition coefficient (Wildman–Crippen LogP) is 5.37. The molecule has 0 fully saturated rings. The van der Waals surface area contributed by atoms with Crippen LogP contribution in [0.2, 0.25) is 0 Å². The molecule has 0 radical (unpaired) electrons. The van der Waals surface area contributed by atoms with E-state index < -0.39 is 0 Å². The van der Waals surface area contributed by atoms with Crippen LogP contribution >= 0.6 is 28.1 Å². The topological polar surface area (TPSA) is 50.4 Å². The highest BCUT2D eigenvalue weighted by Gasteiger charge is 2.08. The van der Waals surface area contributed by atoms with Crippen molar-refractivity contribution in [1.29, 1.82) is 0 Å². The first-order chi connectivity index (χ1) is 12.6. The maximum Gasteiger partial charge on any atom is 0.257 e. The molecule has 3 rings (SSSR count). The highest BCUT2D eigenvalue weighted by molar-refractivity contribution is 9.10. The normalized spacial score (nSPS) is 10.0. The van der Waals surface area contributed by atoms with Gasteiger partial charge in [-0.1, -0.05) is 34.1 Å². The molecule has 0 aromatic heterocycles. The number of rotatable bonds is 4. The molecule has 0 aliphatic rings. The summed E-state index contributed by atoms with van der Waals surface area (Å²) in [5.74, 6) is 1.22. The average molecular weight is 427 g/mol. The Bertz CT molecular complexity index is 897. The van der Waals surface area contributed by atoms with Crippen molar-refractivity contribution in [3.8, 4) is 11.5 Å². The van der Waals surface area contributed by atoms with Crippen molar-refractivity contribution >= 4 is 44.9 Å². The zero-order valence-electron chi connectivity index (χ0n) is 13.6. The first kappa shape index (κ1) is 18.1. The lowest BCUT2D eigenvalue weighted by Gasteiger charge is -2.11. The molecule has 2 N–H and O–H groups in total. The molecule has 0 unspecified atom stereocenters. The first-order valence-corrected chi connectivity index (χ1v) is 9.01. The summed E-state index contributed by atoms with van der Waals surface area (Å²) >= 11 is 8.53. The second-order valence-corrected chi connectivity index (χ2v) is 6.68. The van der Waals surface area contributed by atoms with Crippen LogP contribution in [-0.2, 0) is 0 Å². The second-order valence-electron chi connectivity index (χ2n) is 5.35. The number of anilines is 1. The van der Waals surface area contributed by atoms with Gasteiger partial charge in [0.2, 0.25) is 0 Å². The summed E-state index contributed by atoms with van der Waals surface area (Å²) in [6.07, 6.45) is 0. The molecule has 1 amide bonds. The van der Waals surface area contributed by atoms with Gasteiger partial charge in [0.25, 0.3) is 5.91 Å². The predicted molar refractivity (Wildman–Crippen MR) is 111 cm³/mol. The van der Waals surface area contributed by atoms with Gasteiger partial charge in [0, 0.05) is 15.7 Å². The molecule has 3 aromatic rings. The molecule has 0 saturated carbocycles. The number of nitrogens with one attached hydrogen (secondary N) is 2. The quantitative estimate of drug-likeness (QED) is 0.550. The molecular weight excluding hydrogens is 412 g/mol. The van der Waals surface area contributed by atoms with Crippen molar-refractivity contribution in [2.75, 3.05) is 5.32 Å². The van der Waals surface area contributed by atoms with Crippen LogP contribution in [0.5, 0.6) is 11.5 Å². The van der Waals surface area contributed by atoms with Gasteiger partial charge in [0.1, 0.15) is 11.5 Å². The van der Waals surface area contributed by atoms with E-state index in [1.54, 1.807) is 24.3 Å². The number of carbonyl (C=O) groups is 1. The van der Waals surface area contributed by atoms with E-state index >= 15 is 0 Å². The van der Waals surface area contributed by atoms with E-state index in [0.29, 0.717) is 11.3 Å². The van der Waals surface area contributed by atoms with Crippen LogP contribution in [0.1, 0.15) is 10.4 Å². The van der Waals surface area contributed by atoms with Crippen LogP contribution in [0.4, 0.5) is 5.69 Å². The van der Waals surface area contributed by atoms with E-state index in [2.05, 4.69) is 26.6 Å². The van der Waals surface area contributed by atoms with Gasteiger partial charge in [0.15, 0.2) is 5.11 Å². The van der Waals surface area contributed by atoms with Gasteiger partial charge < -0.3 is 10.1 Å². The number of benzene rings is 3. The lowest BCUT2D eigenvalue weighted by Crippen LogP contribution is -2.34. The number of hydrogen-bond acceptors (Lipinski definition) is 3. The van der Waals surface area contributed by atoms with Crippen molar-refractivity contribution in [2.24, 2.45) is 0 Å². The van der Waals surface area contributed by atoms with E-state index in [1.807, 2.05) is 54.6 Å². The van der Waals surface area contributed by atoms with Crippen LogP contribution in [0.25, 0.3) is 0 Å². The summed E-state index contributed by atoms with van der Waals surface area (Å²) in [6.45, 7) is 0. The van der Waals surface area contributed by atoms with Crippen LogP contribution in [-0.4, -0.2) is 11.0 Å². The summed E-state index contributed by atoms with van der Waals surface area (Å²) in [7, 11) is 0. The van der Waals surface area contributed by atoms with Crippen molar-refractivity contribution < 1.29 is 9.53 Å². The Morgan fingerprint density at radius 2 is 1.46 bits per heavy atom. The van der Waals surface area contributed by atoms with Gasteiger partial charge in [-0.05, 0) is 72.9 Å². The second kappa shape index (κ2) is 8.60. The zero-order valence-corrected chi connectivity index (χ0v) is 16.0. The smallest absolute Gasteiger partial charge is 0.257 e. The third-order valence-corrected chi connectivity index (χ3v) is 4.16. The summed E-state index contributed by atoms with van der Waals surface area (Å²) in [6, 6.07) is 23.9. The molecule has 6 heteroatoms. The van der Waals surface area contributed by atoms with Gasteiger partial charge in [-0.25, -0.2) is 0 Å². The van der Waals surface area contributed by atoms with Crippen LogP contribution < -0.4 is 15.4 Å². The Morgan fingerprint density at radius 1 is 0.846 bits per heavy atom. The third-order valence-electron chi connectivity index (χ3n) is 3.42. The minimum absolute atomic E-state index is 0.231. The van der Waals surface area contributed by atoms with E-state index in [9.17, 15) is 4.79 Å². The highest BCUT2D eigenvalue weighted by Crippen LogP contribution is 2.22. The van der Waals surface area contributed by atoms with E-state index in [4.69, 9.17) is 17.0 Å². The molecule has 0 spiro atoms. The number of amides is 1. The van der Waals surface area contributed by atoms with Gasteiger partial charge >= 0.3 is 0 Å². The highest BCUT2D eigenvalue weighted by atomic mass is 79.9. The maximum atomic E-state index is 12.1. The lowest BCUT2D eigenvalue weighted by molar-refractivity contribution is 0.0977. The van der Waals surface area contributed by atoms with Gasteiger partial charge in [-0.2, -0.15) is 0 Å². The van der Waals surface area contributed by atoms with Gasteiger partial charge in [-0.15, -0.1) is 0 Å². The van der Waals surface area contributed by atoms with Gasteiger partial charge in [-0.3, -0.25) is 10.1 Å². The molecule has 0 heterocycles. The van der Waals surface area contributed by atoms with Crippen molar-refractivity contribution in [3.63, 3.8) is 0 Å². The zero-order chi connectivity index (χ0) is 18.4. The van der Waals surface area contributed by atoms with E-state index in [0.717, 1.165) is 15.9 Å². The number of para-hydroxylation sites is 1. The molecule has 130 valence electrons. The molecule has 3 aromatic carbocycles. The molecule has 0 bridgehead atoms. The van der Waals surface area contributed by atoms with E-state index in [1.165, 1.54) is 0 Å². The Morgan fingerprint density at radius 3 is 2.12 bits per heavy atom. The number of ether oxygens (including phenoxy) is 1. The Labute approximate surface area is 165 Å². The fourth-order valence-corrected chi connectivity index (χ4v) is 2.64. The number of halogens is 1.